The predicted octanol–water partition coefficient (Wildman–Crippen LogP) is 2.59. The van der Waals surface area contributed by atoms with Gasteiger partial charge in [-0.05, 0) is 44.6 Å². The van der Waals surface area contributed by atoms with Crippen LogP contribution in [0.15, 0.2) is 6.07 Å². The molecule has 0 saturated heterocycles. The topological polar surface area (TPSA) is 38.9 Å². The van der Waals surface area contributed by atoms with Crippen LogP contribution in [0.25, 0.3) is 0 Å². The smallest absolute Gasteiger partial charge is 0.0549 e. The quantitative estimate of drug-likeness (QED) is 0.844. The Balaban J connectivity index is 2.84. The Hall–Kier alpha value is -0.0600. The van der Waals surface area contributed by atoms with Gasteiger partial charge in [0.15, 0.2) is 0 Å². The van der Waals surface area contributed by atoms with Crippen molar-refractivity contribution in [3.63, 3.8) is 0 Å². The Bertz CT molecular complexity index is 281. The molecule has 1 rings (SSSR count). The van der Waals surface area contributed by atoms with Crippen LogP contribution in [-0.2, 0) is 0 Å². The lowest BCUT2D eigenvalue weighted by Crippen LogP contribution is -2.31. The minimum atomic E-state index is 0.0775. The summed E-state index contributed by atoms with van der Waals surface area (Å²) in [5.74, 6) is 0. The maximum Gasteiger partial charge on any atom is 0.0549 e. The molecule has 4 heteroatoms. The van der Waals surface area contributed by atoms with Gasteiger partial charge in [0.2, 0.25) is 0 Å². The van der Waals surface area contributed by atoms with Crippen molar-refractivity contribution >= 4 is 23.3 Å². The first-order chi connectivity index (χ1) is 5.97. The molecule has 0 radical (unpaired) electrons. The SMILES string of the molecule is CSC(C)(C)C(N)c1cc(C)ns1. The standard InChI is InChI=1S/C9H16N2S2/c1-6-5-7(13-11-6)8(10)9(2,3)12-4/h5,8H,10H2,1-4H3. The predicted molar refractivity (Wildman–Crippen MR) is 61.4 cm³/mol. The van der Waals surface area contributed by atoms with Gasteiger partial charge in [-0.2, -0.15) is 16.1 Å². The fourth-order valence-electron chi connectivity index (χ4n) is 0.999. The summed E-state index contributed by atoms with van der Waals surface area (Å²) in [6.45, 7) is 6.33. The first-order valence-electron chi connectivity index (χ1n) is 4.21. The van der Waals surface area contributed by atoms with E-state index in [-0.39, 0.29) is 10.8 Å². The molecule has 0 saturated carbocycles. The van der Waals surface area contributed by atoms with Crippen LogP contribution in [0.1, 0.15) is 30.5 Å². The largest absolute Gasteiger partial charge is 0.322 e. The molecule has 74 valence electrons. The Morgan fingerprint density at radius 1 is 1.62 bits per heavy atom. The molecular formula is C9H16N2S2. The molecule has 1 aromatic heterocycles. The third kappa shape index (κ3) is 2.45. The number of rotatable bonds is 3. The summed E-state index contributed by atoms with van der Waals surface area (Å²) in [4.78, 5) is 1.18. The number of nitrogens with zero attached hydrogens (tertiary/aromatic N) is 1. The molecule has 0 amide bonds. The van der Waals surface area contributed by atoms with Crippen LogP contribution in [0.2, 0.25) is 0 Å². The molecule has 2 nitrogen and oxygen atoms in total. The number of hydrogen-bond acceptors (Lipinski definition) is 4. The second-order valence-corrected chi connectivity index (χ2v) is 5.95. The second-order valence-electron chi connectivity index (χ2n) is 3.66. The lowest BCUT2D eigenvalue weighted by molar-refractivity contribution is 0.572. The highest BCUT2D eigenvalue weighted by atomic mass is 32.2. The second kappa shape index (κ2) is 3.98. The van der Waals surface area contributed by atoms with Crippen LogP contribution in [-0.4, -0.2) is 15.4 Å². The normalized spacial score (nSPS) is 14.5. The lowest BCUT2D eigenvalue weighted by atomic mass is 10.0. The van der Waals surface area contributed by atoms with Gasteiger partial charge in [-0.25, -0.2) is 0 Å². The molecule has 0 aliphatic rings. The Morgan fingerprint density at radius 3 is 2.62 bits per heavy atom. The van der Waals surface area contributed by atoms with Crippen LogP contribution in [0, 0.1) is 6.92 Å². The highest BCUT2D eigenvalue weighted by Crippen LogP contribution is 2.35. The van der Waals surface area contributed by atoms with Crippen molar-refractivity contribution in [2.45, 2.75) is 31.6 Å². The fourth-order valence-corrected chi connectivity index (χ4v) is 2.39. The van der Waals surface area contributed by atoms with Crippen molar-refractivity contribution in [1.82, 2.24) is 4.37 Å². The first kappa shape index (κ1) is 11.0. The molecule has 1 aromatic rings. The molecule has 0 fully saturated rings. The van der Waals surface area contributed by atoms with Crippen LogP contribution in [0.4, 0.5) is 0 Å². The van der Waals surface area contributed by atoms with E-state index >= 15 is 0 Å². The molecule has 1 atom stereocenters. The number of nitrogens with two attached hydrogens (primary N) is 1. The Morgan fingerprint density at radius 2 is 2.23 bits per heavy atom. The van der Waals surface area contributed by atoms with Gasteiger partial charge in [0, 0.05) is 9.62 Å². The average molecular weight is 216 g/mol. The summed E-state index contributed by atoms with van der Waals surface area (Å²) in [6.07, 6.45) is 2.09. The molecule has 0 bridgehead atoms. The number of hydrogen-bond donors (Lipinski definition) is 1. The van der Waals surface area contributed by atoms with Crippen molar-refractivity contribution in [1.29, 1.82) is 0 Å². The minimum Gasteiger partial charge on any atom is -0.322 e. The summed E-state index contributed by atoms with van der Waals surface area (Å²) >= 11 is 3.30. The molecule has 1 heterocycles. The van der Waals surface area contributed by atoms with E-state index in [9.17, 15) is 0 Å². The maximum atomic E-state index is 6.15. The first-order valence-corrected chi connectivity index (χ1v) is 6.21. The highest BCUT2D eigenvalue weighted by molar-refractivity contribution is 8.00. The van der Waals surface area contributed by atoms with E-state index in [0.29, 0.717) is 0 Å². The third-order valence-corrected chi connectivity index (χ3v) is 4.50. The van der Waals surface area contributed by atoms with E-state index in [1.807, 2.05) is 6.92 Å². The van der Waals surface area contributed by atoms with Gasteiger partial charge in [-0.1, -0.05) is 0 Å². The van der Waals surface area contributed by atoms with Gasteiger partial charge in [-0.15, -0.1) is 0 Å². The summed E-state index contributed by atoms with van der Waals surface area (Å²) in [5, 5.41) is 0. The van der Waals surface area contributed by atoms with Crippen LogP contribution in [0.5, 0.6) is 0 Å². The molecule has 2 N–H and O–H groups in total. The highest BCUT2D eigenvalue weighted by Gasteiger charge is 2.27. The minimum absolute atomic E-state index is 0.0775. The van der Waals surface area contributed by atoms with Gasteiger partial charge in [0.05, 0.1) is 11.7 Å². The van der Waals surface area contributed by atoms with E-state index in [1.54, 1.807) is 11.8 Å². The van der Waals surface area contributed by atoms with Crippen molar-refractivity contribution in [2.75, 3.05) is 6.26 Å². The summed E-state index contributed by atoms with van der Waals surface area (Å²) in [5.41, 5.74) is 7.21. The molecule has 0 aromatic carbocycles. The zero-order chi connectivity index (χ0) is 10.1. The van der Waals surface area contributed by atoms with Crippen LogP contribution >= 0.6 is 23.3 Å². The number of thioether (sulfide) groups is 1. The third-order valence-electron chi connectivity index (χ3n) is 2.23. The van der Waals surface area contributed by atoms with Crippen molar-refractivity contribution in [3.05, 3.63) is 16.6 Å². The number of aryl methyl sites for hydroxylation is 1. The van der Waals surface area contributed by atoms with Crippen molar-refractivity contribution < 1.29 is 0 Å². The van der Waals surface area contributed by atoms with E-state index in [2.05, 4.69) is 30.5 Å². The monoisotopic (exact) mass is 216 g/mol. The average Bonchev–Trinajstić information content (AvgIpc) is 2.50. The summed E-state index contributed by atoms with van der Waals surface area (Å²) in [6, 6.07) is 2.15. The maximum absolute atomic E-state index is 6.15. The van der Waals surface area contributed by atoms with E-state index in [4.69, 9.17) is 5.73 Å². The van der Waals surface area contributed by atoms with Gasteiger partial charge in [0.25, 0.3) is 0 Å². The van der Waals surface area contributed by atoms with Gasteiger partial charge >= 0.3 is 0 Å². The van der Waals surface area contributed by atoms with Crippen LogP contribution < -0.4 is 5.73 Å². The summed E-state index contributed by atoms with van der Waals surface area (Å²) in [7, 11) is 0. The van der Waals surface area contributed by atoms with E-state index < -0.39 is 0 Å². The fraction of sp³-hybridized carbons (Fsp3) is 0.667. The van der Waals surface area contributed by atoms with Gasteiger partial charge in [-0.3, -0.25) is 0 Å². The van der Waals surface area contributed by atoms with Crippen molar-refractivity contribution in [2.24, 2.45) is 5.73 Å². The zero-order valence-corrected chi connectivity index (χ0v) is 10.1. The molecule has 1 unspecified atom stereocenters. The van der Waals surface area contributed by atoms with E-state index in [0.717, 1.165) is 5.69 Å². The zero-order valence-electron chi connectivity index (χ0n) is 8.50. The van der Waals surface area contributed by atoms with Gasteiger partial charge < -0.3 is 5.73 Å². The van der Waals surface area contributed by atoms with Crippen molar-refractivity contribution in [3.8, 4) is 0 Å². The molecule has 0 spiro atoms. The Kier molecular flexibility index (Phi) is 3.38. The molecule has 13 heavy (non-hydrogen) atoms. The van der Waals surface area contributed by atoms with E-state index in [1.165, 1.54) is 16.4 Å². The number of aromatic nitrogens is 1. The molecule has 0 aliphatic heterocycles. The van der Waals surface area contributed by atoms with Crippen LogP contribution in [0.3, 0.4) is 0 Å². The summed E-state index contributed by atoms with van der Waals surface area (Å²) < 4.78 is 4.32. The Labute approximate surface area is 88.1 Å². The van der Waals surface area contributed by atoms with Gasteiger partial charge in [0.1, 0.15) is 0 Å². The molecule has 0 aliphatic carbocycles. The lowest BCUT2D eigenvalue weighted by Gasteiger charge is -2.28. The molecular weight excluding hydrogens is 200 g/mol.